The second kappa shape index (κ2) is 9.26. The van der Waals surface area contributed by atoms with E-state index in [0.29, 0.717) is 37.4 Å². The highest BCUT2D eigenvalue weighted by Gasteiger charge is 2.39. The van der Waals surface area contributed by atoms with Crippen molar-refractivity contribution in [1.82, 2.24) is 4.90 Å². The molecule has 0 bridgehead atoms. The first-order valence-corrected chi connectivity index (χ1v) is 10.4. The molecule has 1 aliphatic rings. The Morgan fingerprint density at radius 2 is 1.60 bits per heavy atom. The second-order valence-electron chi connectivity index (χ2n) is 7.86. The zero-order chi connectivity index (χ0) is 21.8. The number of nitrogens with one attached hydrogen (secondary N) is 1. The maximum Gasteiger partial charge on any atom is 0.278 e. The van der Waals surface area contributed by atoms with Crippen molar-refractivity contribution in [3.8, 4) is 0 Å². The Balaban J connectivity index is 2.00. The summed E-state index contributed by atoms with van der Waals surface area (Å²) in [5.74, 6) is -0.546. The third-order valence-corrected chi connectivity index (χ3v) is 5.33. The predicted molar refractivity (Wildman–Crippen MR) is 120 cm³/mol. The molecule has 0 atom stereocenters. The number of amides is 2. The molecule has 30 heavy (non-hydrogen) atoms. The van der Waals surface area contributed by atoms with Crippen LogP contribution < -0.4 is 5.32 Å². The Morgan fingerprint density at radius 1 is 0.900 bits per heavy atom. The van der Waals surface area contributed by atoms with Crippen LogP contribution in [-0.2, 0) is 14.3 Å². The normalized spacial score (nSPS) is 14.1. The van der Waals surface area contributed by atoms with Gasteiger partial charge in [0.05, 0.1) is 5.57 Å². The highest BCUT2D eigenvalue weighted by molar-refractivity contribution is 6.36. The summed E-state index contributed by atoms with van der Waals surface area (Å²) < 4.78 is 5.37. The van der Waals surface area contributed by atoms with Crippen molar-refractivity contribution in [2.24, 2.45) is 0 Å². The number of benzene rings is 2. The van der Waals surface area contributed by atoms with E-state index >= 15 is 0 Å². The molecule has 2 aromatic rings. The molecule has 0 unspecified atom stereocenters. The highest BCUT2D eigenvalue weighted by atomic mass is 16.5. The van der Waals surface area contributed by atoms with Gasteiger partial charge in [-0.25, -0.2) is 0 Å². The quantitative estimate of drug-likeness (QED) is 0.517. The fourth-order valence-corrected chi connectivity index (χ4v) is 3.72. The predicted octanol–water partition coefficient (Wildman–Crippen LogP) is 4.54. The van der Waals surface area contributed by atoms with Gasteiger partial charge < -0.3 is 10.1 Å². The summed E-state index contributed by atoms with van der Waals surface area (Å²) in [5.41, 5.74) is 6.75. The van der Waals surface area contributed by atoms with E-state index in [1.165, 1.54) is 4.90 Å². The van der Waals surface area contributed by atoms with E-state index in [0.717, 1.165) is 33.5 Å². The van der Waals surface area contributed by atoms with E-state index in [9.17, 15) is 9.59 Å². The van der Waals surface area contributed by atoms with Gasteiger partial charge in [0.1, 0.15) is 5.70 Å². The minimum atomic E-state index is -0.288. The van der Waals surface area contributed by atoms with Crippen LogP contribution in [-0.4, -0.2) is 36.5 Å². The van der Waals surface area contributed by atoms with Crippen LogP contribution in [0.3, 0.4) is 0 Å². The molecule has 0 saturated carbocycles. The van der Waals surface area contributed by atoms with Gasteiger partial charge in [0.15, 0.2) is 0 Å². The van der Waals surface area contributed by atoms with Gasteiger partial charge in [-0.05, 0) is 81.0 Å². The number of hydrogen-bond acceptors (Lipinski definition) is 4. The fourth-order valence-electron chi connectivity index (χ4n) is 3.72. The maximum atomic E-state index is 13.3. The fraction of sp³-hybridized carbons (Fsp3) is 0.360. The van der Waals surface area contributed by atoms with Gasteiger partial charge in [0.2, 0.25) is 0 Å². The average Bonchev–Trinajstić information content (AvgIpc) is 2.90. The van der Waals surface area contributed by atoms with Crippen molar-refractivity contribution < 1.29 is 14.3 Å². The summed E-state index contributed by atoms with van der Waals surface area (Å²) in [6.45, 7) is 11.5. The van der Waals surface area contributed by atoms with Gasteiger partial charge in [-0.15, -0.1) is 0 Å². The van der Waals surface area contributed by atoms with Crippen LogP contribution in [0, 0.1) is 27.7 Å². The lowest BCUT2D eigenvalue weighted by atomic mass is 9.99. The molecule has 1 aliphatic heterocycles. The van der Waals surface area contributed by atoms with Crippen LogP contribution in [0.15, 0.2) is 42.1 Å². The van der Waals surface area contributed by atoms with E-state index in [1.54, 1.807) is 0 Å². The first kappa shape index (κ1) is 21.8. The molecule has 0 aliphatic carbocycles. The molecule has 0 spiro atoms. The molecule has 5 nitrogen and oxygen atoms in total. The molecule has 5 heteroatoms. The molecular weight excluding hydrogens is 376 g/mol. The lowest BCUT2D eigenvalue weighted by molar-refractivity contribution is -0.137. The number of imide groups is 1. The Bertz CT molecular complexity index is 987. The van der Waals surface area contributed by atoms with E-state index < -0.39 is 0 Å². The third-order valence-electron chi connectivity index (χ3n) is 5.33. The molecule has 1 N–H and O–H groups in total. The maximum absolute atomic E-state index is 13.3. The molecule has 0 radical (unpaired) electrons. The number of carbonyl (C=O) groups excluding carboxylic acids is 2. The lowest BCUT2D eigenvalue weighted by Crippen LogP contribution is -2.34. The smallest absolute Gasteiger partial charge is 0.278 e. The van der Waals surface area contributed by atoms with Crippen LogP contribution in [0.25, 0.3) is 5.57 Å². The number of hydrogen-bond donors (Lipinski definition) is 1. The zero-order valence-electron chi connectivity index (χ0n) is 18.5. The molecule has 1 heterocycles. The average molecular weight is 407 g/mol. The van der Waals surface area contributed by atoms with Crippen LogP contribution in [0.4, 0.5) is 5.69 Å². The van der Waals surface area contributed by atoms with E-state index in [-0.39, 0.29) is 11.8 Å². The number of anilines is 1. The van der Waals surface area contributed by atoms with Crippen LogP contribution in [0.2, 0.25) is 0 Å². The lowest BCUT2D eigenvalue weighted by Gasteiger charge is -2.15. The largest absolute Gasteiger partial charge is 0.382 e. The van der Waals surface area contributed by atoms with Crippen molar-refractivity contribution in [2.45, 2.75) is 41.0 Å². The van der Waals surface area contributed by atoms with E-state index in [1.807, 2.05) is 65.0 Å². The second-order valence-corrected chi connectivity index (χ2v) is 7.86. The summed E-state index contributed by atoms with van der Waals surface area (Å²) >= 11 is 0. The molecule has 158 valence electrons. The number of ether oxygens (including phenoxy) is 1. The van der Waals surface area contributed by atoms with Gasteiger partial charge >= 0.3 is 0 Å². The molecule has 0 aromatic heterocycles. The number of nitrogens with zero attached hydrogens (tertiary/aromatic N) is 1. The highest BCUT2D eigenvalue weighted by Crippen LogP contribution is 2.32. The SMILES string of the molecule is CCOCCCN1C(=O)C(Nc2cc(C)cc(C)c2)=C(c2ccc(C)c(C)c2)C1=O. The molecule has 0 fully saturated rings. The number of aryl methyl sites for hydroxylation is 4. The van der Waals surface area contributed by atoms with Crippen LogP contribution >= 0.6 is 0 Å². The summed E-state index contributed by atoms with van der Waals surface area (Å²) in [6, 6.07) is 11.9. The van der Waals surface area contributed by atoms with Gasteiger partial charge in [-0.3, -0.25) is 14.5 Å². The Labute approximate surface area is 178 Å². The minimum absolute atomic E-state index is 0.258. The van der Waals surface area contributed by atoms with Crippen molar-refractivity contribution in [3.05, 3.63) is 69.9 Å². The monoisotopic (exact) mass is 406 g/mol. The summed E-state index contributed by atoms with van der Waals surface area (Å²) in [5, 5.41) is 3.25. The van der Waals surface area contributed by atoms with Gasteiger partial charge in [0.25, 0.3) is 11.8 Å². The van der Waals surface area contributed by atoms with Crippen molar-refractivity contribution >= 4 is 23.1 Å². The minimum Gasteiger partial charge on any atom is -0.382 e. The van der Waals surface area contributed by atoms with Crippen molar-refractivity contribution in [1.29, 1.82) is 0 Å². The standard InChI is InChI=1S/C25H30N2O3/c1-6-30-11-7-10-27-24(28)22(20-9-8-18(4)19(5)15-20)23(25(27)29)26-21-13-16(2)12-17(3)14-21/h8-9,12-15,26H,6-7,10-11H2,1-5H3. The topological polar surface area (TPSA) is 58.6 Å². The Hall–Kier alpha value is -2.92. The summed E-state index contributed by atoms with van der Waals surface area (Å²) in [6.07, 6.45) is 0.613. The van der Waals surface area contributed by atoms with E-state index in [2.05, 4.69) is 11.4 Å². The Kier molecular flexibility index (Phi) is 6.73. The van der Waals surface area contributed by atoms with Crippen LogP contribution in [0.1, 0.15) is 41.2 Å². The molecule has 3 rings (SSSR count). The molecular formula is C25H30N2O3. The molecule has 0 saturated heterocycles. The summed E-state index contributed by atoms with van der Waals surface area (Å²) in [4.78, 5) is 27.8. The van der Waals surface area contributed by atoms with Crippen molar-refractivity contribution in [2.75, 3.05) is 25.1 Å². The third kappa shape index (κ3) is 4.62. The zero-order valence-corrected chi connectivity index (χ0v) is 18.5. The molecule has 2 amide bonds. The number of rotatable bonds is 8. The van der Waals surface area contributed by atoms with E-state index in [4.69, 9.17) is 4.74 Å². The number of carbonyl (C=O) groups is 2. The van der Waals surface area contributed by atoms with Gasteiger partial charge in [0, 0.05) is 25.4 Å². The summed E-state index contributed by atoms with van der Waals surface area (Å²) in [7, 11) is 0. The van der Waals surface area contributed by atoms with Crippen molar-refractivity contribution in [3.63, 3.8) is 0 Å². The van der Waals surface area contributed by atoms with Crippen LogP contribution in [0.5, 0.6) is 0 Å². The van der Waals surface area contributed by atoms with Gasteiger partial charge in [-0.2, -0.15) is 0 Å². The van der Waals surface area contributed by atoms with Gasteiger partial charge in [-0.1, -0.05) is 24.3 Å². The first-order valence-electron chi connectivity index (χ1n) is 10.4. The Morgan fingerprint density at radius 3 is 2.23 bits per heavy atom. The first-order chi connectivity index (χ1) is 14.3. The molecule has 2 aromatic carbocycles.